The molecule has 0 bridgehead atoms. The van der Waals surface area contributed by atoms with Crippen LogP contribution in [0.2, 0.25) is 0 Å². The second kappa shape index (κ2) is 10.4. The summed E-state index contributed by atoms with van der Waals surface area (Å²) >= 11 is 1.29. The molecular weight excluding hydrogens is 406 g/mol. The fourth-order valence-corrected chi connectivity index (χ4v) is 7.32. The third-order valence-electron chi connectivity index (χ3n) is 6.01. The van der Waals surface area contributed by atoms with Gasteiger partial charge in [0.1, 0.15) is 4.21 Å². The van der Waals surface area contributed by atoms with Gasteiger partial charge >= 0.3 is 0 Å². The van der Waals surface area contributed by atoms with Gasteiger partial charge in [0.15, 0.2) is 0 Å². The Labute approximate surface area is 179 Å². The van der Waals surface area contributed by atoms with Crippen LogP contribution in [0.3, 0.4) is 0 Å². The number of piperidine rings is 2. The Morgan fingerprint density at radius 2 is 1.97 bits per heavy atom. The van der Waals surface area contributed by atoms with Crippen molar-refractivity contribution in [3.8, 4) is 0 Å². The number of unbranched alkanes of at least 4 members (excludes halogenated alkanes) is 1. The molecule has 0 aromatic carbocycles. The molecule has 0 spiro atoms. The van der Waals surface area contributed by atoms with Crippen LogP contribution >= 0.6 is 11.3 Å². The molecule has 1 aromatic rings. The molecule has 164 valence electrons. The predicted molar refractivity (Wildman–Crippen MR) is 118 cm³/mol. The first-order valence-electron chi connectivity index (χ1n) is 10.9. The highest BCUT2D eigenvalue weighted by Gasteiger charge is 2.33. The first kappa shape index (κ1) is 22.7. The third kappa shape index (κ3) is 6.26. The SMILES string of the molecule is Cc1ccc(S(=O)(=O)N2CCCC(C(=O)NCCCCN3CCCC(C)C3)C2)s1. The molecule has 2 aliphatic rings. The summed E-state index contributed by atoms with van der Waals surface area (Å²) in [6.45, 7) is 9.19. The maximum absolute atomic E-state index is 12.8. The van der Waals surface area contributed by atoms with Crippen molar-refractivity contribution in [2.24, 2.45) is 11.8 Å². The Kier molecular flexibility index (Phi) is 8.13. The first-order valence-corrected chi connectivity index (χ1v) is 13.2. The zero-order chi connectivity index (χ0) is 20.9. The van der Waals surface area contributed by atoms with Gasteiger partial charge in [0, 0.05) is 31.1 Å². The van der Waals surface area contributed by atoms with Gasteiger partial charge in [-0.3, -0.25) is 4.79 Å². The highest BCUT2D eigenvalue weighted by Crippen LogP contribution is 2.28. The van der Waals surface area contributed by atoms with Crippen LogP contribution in [0.4, 0.5) is 0 Å². The number of likely N-dealkylation sites (tertiary alicyclic amines) is 1. The lowest BCUT2D eigenvalue weighted by Crippen LogP contribution is -2.45. The summed E-state index contributed by atoms with van der Waals surface area (Å²) in [6, 6.07) is 3.50. The molecule has 0 aliphatic carbocycles. The van der Waals surface area contributed by atoms with Crippen molar-refractivity contribution in [1.82, 2.24) is 14.5 Å². The average Bonchev–Trinajstić information content (AvgIpc) is 3.15. The van der Waals surface area contributed by atoms with Gasteiger partial charge in [0.05, 0.1) is 5.92 Å². The highest BCUT2D eigenvalue weighted by atomic mass is 32.2. The van der Waals surface area contributed by atoms with Crippen molar-refractivity contribution < 1.29 is 13.2 Å². The number of aryl methyl sites for hydroxylation is 1. The van der Waals surface area contributed by atoms with E-state index >= 15 is 0 Å². The van der Waals surface area contributed by atoms with Gasteiger partial charge < -0.3 is 10.2 Å². The molecule has 2 unspecified atom stereocenters. The number of carbonyl (C=O) groups excluding carboxylic acids is 1. The van der Waals surface area contributed by atoms with E-state index in [4.69, 9.17) is 0 Å². The summed E-state index contributed by atoms with van der Waals surface area (Å²) < 4.78 is 27.6. The number of nitrogens with one attached hydrogen (secondary N) is 1. The number of thiophene rings is 1. The maximum atomic E-state index is 12.8. The molecule has 1 aromatic heterocycles. The van der Waals surface area contributed by atoms with Gasteiger partial charge in [-0.15, -0.1) is 11.3 Å². The number of carbonyl (C=O) groups is 1. The number of nitrogens with zero attached hydrogens (tertiary/aromatic N) is 2. The fraction of sp³-hybridized carbons (Fsp3) is 0.762. The van der Waals surface area contributed by atoms with Crippen molar-refractivity contribution in [3.05, 3.63) is 17.0 Å². The Balaban J connectivity index is 1.40. The highest BCUT2D eigenvalue weighted by molar-refractivity contribution is 7.91. The minimum Gasteiger partial charge on any atom is -0.356 e. The van der Waals surface area contributed by atoms with Gasteiger partial charge in [0.25, 0.3) is 10.0 Å². The quantitative estimate of drug-likeness (QED) is 0.630. The van der Waals surface area contributed by atoms with Gasteiger partial charge in [-0.1, -0.05) is 6.92 Å². The van der Waals surface area contributed by atoms with Crippen LogP contribution in [-0.4, -0.2) is 62.8 Å². The lowest BCUT2D eigenvalue weighted by molar-refractivity contribution is -0.126. The molecule has 6 nitrogen and oxygen atoms in total. The number of hydrogen-bond acceptors (Lipinski definition) is 5. The van der Waals surface area contributed by atoms with Crippen molar-refractivity contribution in [3.63, 3.8) is 0 Å². The smallest absolute Gasteiger partial charge is 0.252 e. The number of rotatable bonds is 8. The average molecular weight is 442 g/mol. The molecular formula is C21H35N3O3S2. The zero-order valence-corrected chi connectivity index (χ0v) is 19.4. The molecule has 2 fully saturated rings. The minimum absolute atomic E-state index is 0.00106. The second-order valence-corrected chi connectivity index (χ2v) is 12.1. The maximum Gasteiger partial charge on any atom is 0.252 e. The van der Waals surface area contributed by atoms with Crippen LogP contribution in [0.1, 0.15) is 50.3 Å². The van der Waals surface area contributed by atoms with E-state index in [1.165, 1.54) is 41.6 Å². The predicted octanol–water partition coefficient (Wildman–Crippen LogP) is 3.09. The molecule has 3 heterocycles. The molecule has 2 saturated heterocycles. The fourth-order valence-electron chi connectivity index (χ4n) is 4.36. The van der Waals surface area contributed by atoms with Crippen LogP contribution in [0, 0.1) is 18.8 Å². The molecule has 0 saturated carbocycles. The van der Waals surface area contributed by atoms with E-state index in [-0.39, 0.29) is 18.4 Å². The van der Waals surface area contributed by atoms with Crippen LogP contribution < -0.4 is 5.32 Å². The molecule has 29 heavy (non-hydrogen) atoms. The van der Waals surface area contributed by atoms with Crippen LogP contribution in [0.25, 0.3) is 0 Å². The molecule has 8 heteroatoms. The van der Waals surface area contributed by atoms with Gasteiger partial charge in [0.2, 0.25) is 5.91 Å². The van der Waals surface area contributed by atoms with E-state index in [1.807, 2.05) is 13.0 Å². The minimum atomic E-state index is -3.49. The monoisotopic (exact) mass is 441 g/mol. The van der Waals surface area contributed by atoms with E-state index in [0.717, 1.165) is 43.0 Å². The normalized spacial score (nSPS) is 24.5. The zero-order valence-electron chi connectivity index (χ0n) is 17.7. The summed E-state index contributed by atoms with van der Waals surface area (Å²) in [4.78, 5) is 16.1. The molecule has 2 aliphatic heterocycles. The number of amides is 1. The summed E-state index contributed by atoms with van der Waals surface area (Å²) in [5.74, 6) is 0.549. The first-order chi connectivity index (χ1) is 13.9. The Hall–Kier alpha value is -0.960. The van der Waals surface area contributed by atoms with Crippen molar-refractivity contribution >= 4 is 27.3 Å². The van der Waals surface area contributed by atoms with Crippen LogP contribution in [0.15, 0.2) is 16.3 Å². The molecule has 1 amide bonds. The molecule has 2 atom stereocenters. The lowest BCUT2D eigenvalue weighted by Gasteiger charge is -2.31. The van der Waals surface area contributed by atoms with E-state index in [9.17, 15) is 13.2 Å². The van der Waals surface area contributed by atoms with Crippen molar-refractivity contribution in [1.29, 1.82) is 0 Å². The largest absolute Gasteiger partial charge is 0.356 e. The number of sulfonamides is 1. The van der Waals surface area contributed by atoms with E-state index in [1.54, 1.807) is 6.07 Å². The van der Waals surface area contributed by atoms with Gasteiger partial charge in [-0.2, -0.15) is 4.31 Å². The summed E-state index contributed by atoms with van der Waals surface area (Å²) in [5, 5.41) is 3.04. The standard InChI is InChI=1S/C21H35N3O3S2/c1-17-7-5-13-23(15-17)12-4-3-11-22-21(25)19-8-6-14-24(16-19)29(26,27)20-10-9-18(2)28-20/h9-10,17,19H,3-8,11-16H2,1-2H3,(H,22,25). The van der Waals surface area contributed by atoms with Gasteiger partial charge in [-0.05, 0) is 76.6 Å². The summed E-state index contributed by atoms with van der Waals surface area (Å²) in [7, 11) is -3.49. The Morgan fingerprint density at radius 3 is 2.69 bits per heavy atom. The topological polar surface area (TPSA) is 69.7 Å². The van der Waals surface area contributed by atoms with E-state index in [0.29, 0.717) is 17.3 Å². The second-order valence-electron chi connectivity index (χ2n) is 8.61. The van der Waals surface area contributed by atoms with Crippen molar-refractivity contribution in [2.45, 2.75) is 56.6 Å². The van der Waals surface area contributed by atoms with Crippen molar-refractivity contribution in [2.75, 3.05) is 39.3 Å². The van der Waals surface area contributed by atoms with Crippen LogP contribution in [0.5, 0.6) is 0 Å². The Bertz CT molecular complexity index is 778. The van der Waals surface area contributed by atoms with E-state index < -0.39 is 10.0 Å². The summed E-state index contributed by atoms with van der Waals surface area (Å²) in [6.07, 6.45) is 6.19. The van der Waals surface area contributed by atoms with Gasteiger partial charge in [-0.25, -0.2) is 8.42 Å². The number of hydrogen-bond donors (Lipinski definition) is 1. The van der Waals surface area contributed by atoms with E-state index in [2.05, 4.69) is 17.1 Å². The summed E-state index contributed by atoms with van der Waals surface area (Å²) in [5.41, 5.74) is 0. The molecule has 1 N–H and O–H groups in total. The third-order valence-corrected chi connectivity index (χ3v) is 9.34. The molecule has 0 radical (unpaired) electrons. The van der Waals surface area contributed by atoms with Crippen LogP contribution in [-0.2, 0) is 14.8 Å². The lowest BCUT2D eigenvalue weighted by atomic mass is 9.99. The molecule has 3 rings (SSSR count). The Morgan fingerprint density at radius 1 is 1.17 bits per heavy atom.